The summed E-state index contributed by atoms with van der Waals surface area (Å²) < 4.78 is 6.54. The fraction of sp³-hybridized carbons (Fsp3) is 0.235. The van der Waals surface area contributed by atoms with Crippen LogP contribution in [-0.4, -0.2) is 54.4 Å². The molecule has 1 fully saturated rings. The van der Waals surface area contributed by atoms with E-state index in [0.717, 1.165) is 24.0 Å². The van der Waals surface area contributed by atoms with Crippen LogP contribution in [0.2, 0.25) is 0 Å². The van der Waals surface area contributed by atoms with Crippen LogP contribution in [0.5, 0.6) is 5.75 Å². The summed E-state index contributed by atoms with van der Waals surface area (Å²) >= 11 is 3.51. The van der Waals surface area contributed by atoms with Gasteiger partial charge >= 0.3 is 0 Å². The quantitative estimate of drug-likeness (QED) is 0.232. The first-order valence-corrected chi connectivity index (χ1v) is 14.8. The maximum absolute atomic E-state index is 13.6. The van der Waals surface area contributed by atoms with E-state index in [4.69, 9.17) is 4.74 Å². The second kappa shape index (κ2) is 13.6. The number of amides is 2. The highest BCUT2D eigenvalue weighted by Gasteiger charge is 2.29. The molecule has 1 saturated heterocycles. The summed E-state index contributed by atoms with van der Waals surface area (Å²) in [4.78, 5) is 30.7. The van der Waals surface area contributed by atoms with Crippen molar-refractivity contribution in [3.05, 3.63) is 130 Å². The number of rotatable bonds is 9. The first kappa shape index (κ1) is 28.6. The predicted molar refractivity (Wildman–Crippen MR) is 166 cm³/mol. The molecule has 0 atom stereocenters. The lowest BCUT2D eigenvalue weighted by atomic mass is 9.96. The van der Waals surface area contributed by atoms with Crippen LogP contribution in [-0.2, 0) is 11.2 Å². The van der Waals surface area contributed by atoms with Gasteiger partial charge in [0.25, 0.3) is 11.8 Å². The van der Waals surface area contributed by atoms with Crippen molar-refractivity contribution >= 4 is 33.4 Å². The Hall–Kier alpha value is -3.94. The van der Waals surface area contributed by atoms with Crippen molar-refractivity contribution in [2.24, 2.45) is 0 Å². The Morgan fingerprint density at radius 3 is 2.05 bits per heavy atom. The Labute approximate surface area is 250 Å². The molecule has 0 spiro atoms. The fourth-order valence-electron chi connectivity index (χ4n) is 5.23. The topological polar surface area (TPSA) is 61.9 Å². The number of aryl methyl sites for hydroxylation is 1. The summed E-state index contributed by atoms with van der Waals surface area (Å²) in [6.07, 6.45) is 0.917. The van der Waals surface area contributed by atoms with Crippen LogP contribution >= 0.6 is 15.9 Å². The summed E-state index contributed by atoms with van der Waals surface area (Å²) in [5, 5.41) is 2.88. The van der Waals surface area contributed by atoms with Crippen LogP contribution in [0.1, 0.15) is 40.0 Å². The molecular formula is C34H34BrN3O3. The van der Waals surface area contributed by atoms with E-state index in [2.05, 4.69) is 81.6 Å². The molecule has 1 N–H and O–H groups in total. The Morgan fingerprint density at radius 1 is 0.829 bits per heavy atom. The summed E-state index contributed by atoms with van der Waals surface area (Å²) in [5.74, 6) is 0.189. The zero-order chi connectivity index (χ0) is 28.6. The number of para-hydroxylation sites is 1. The van der Waals surface area contributed by atoms with Crippen LogP contribution in [0, 0.1) is 0 Å². The van der Waals surface area contributed by atoms with Crippen molar-refractivity contribution in [1.29, 1.82) is 0 Å². The molecule has 5 rings (SSSR count). The zero-order valence-electron chi connectivity index (χ0n) is 23.1. The molecule has 0 radical (unpaired) electrons. The maximum atomic E-state index is 13.6. The minimum atomic E-state index is -0.324. The van der Waals surface area contributed by atoms with E-state index in [9.17, 15) is 9.59 Å². The lowest BCUT2D eigenvalue weighted by Crippen LogP contribution is -2.50. The SMILES string of the molecule is CCc1ccc(OCC(=O)Nc2ccccc2C(=O)N2CCN(C(c3ccccc3)c3ccccc3)CC2)c(Br)c1. The molecule has 210 valence electrons. The number of nitrogens with one attached hydrogen (secondary N) is 1. The Balaban J connectivity index is 1.23. The van der Waals surface area contributed by atoms with Crippen LogP contribution in [0.15, 0.2) is 108 Å². The molecule has 4 aromatic rings. The van der Waals surface area contributed by atoms with Crippen LogP contribution in [0.3, 0.4) is 0 Å². The monoisotopic (exact) mass is 611 g/mol. The molecule has 1 aliphatic rings. The summed E-state index contributed by atoms with van der Waals surface area (Å²) in [6, 6.07) is 34.1. The standard InChI is InChI=1S/C34H34BrN3O3/c1-2-25-17-18-31(29(35)23-25)41-24-32(39)36-30-16-10-9-15-28(30)34(40)38-21-19-37(20-22-38)33(26-11-5-3-6-12-26)27-13-7-4-8-14-27/h3-18,23,33H,2,19-22,24H2,1H3,(H,36,39). The summed E-state index contributed by atoms with van der Waals surface area (Å²) in [6.45, 7) is 4.61. The van der Waals surface area contributed by atoms with Crippen molar-refractivity contribution in [2.75, 3.05) is 38.1 Å². The van der Waals surface area contributed by atoms with Crippen LogP contribution < -0.4 is 10.1 Å². The number of nitrogens with zero attached hydrogens (tertiary/aromatic N) is 2. The van der Waals surface area contributed by atoms with Crippen molar-refractivity contribution in [3.8, 4) is 5.75 Å². The largest absolute Gasteiger partial charge is 0.483 e. The molecular weight excluding hydrogens is 578 g/mol. The summed E-state index contributed by atoms with van der Waals surface area (Å²) in [5.41, 5.74) is 4.62. The molecule has 41 heavy (non-hydrogen) atoms. The van der Waals surface area contributed by atoms with E-state index < -0.39 is 0 Å². The van der Waals surface area contributed by atoms with E-state index in [1.54, 1.807) is 12.1 Å². The first-order chi connectivity index (χ1) is 20.0. The van der Waals surface area contributed by atoms with E-state index in [-0.39, 0.29) is 24.5 Å². The molecule has 2 amide bonds. The van der Waals surface area contributed by atoms with Crippen LogP contribution in [0.25, 0.3) is 0 Å². The number of halogens is 1. The van der Waals surface area contributed by atoms with Gasteiger partial charge in [0.15, 0.2) is 6.61 Å². The minimum Gasteiger partial charge on any atom is -0.483 e. The number of hydrogen-bond acceptors (Lipinski definition) is 4. The molecule has 0 aromatic heterocycles. The Kier molecular flexibility index (Phi) is 9.49. The van der Waals surface area contributed by atoms with Crippen molar-refractivity contribution in [2.45, 2.75) is 19.4 Å². The smallest absolute Gasteiger partial charge is 0.262 e. The van der Waals surface area contributed by atoms with Gasteiger partial charge in [-0.05, 0) is 63.3 Å². The summed E-state index contributed by atoms with van der Waals surface area (Å²) in [7, 11) is 0. The Bertz CT molecular complexity index is 1430. The van der Waals surface area contributed by atoms with E-state index in [1.807, 2.05) is 47.4 Å². The molecule has 6 nitrogen and oxygen atoms in total. The highest BCUT2D eigenvalue weighted by Crippen LogP contribution is 2.30. The average Bonchev–Trinajstić information content (AvgIpc) is 3.02. The number of carbonyl (C=O) groups excluding carboxylic acids is 2. The maximum Gasteiger partial charge on any atom is 0.262 e. The second-order valence-electron chi connectivity index (χ2n) is 10.1. The molecule has 7 heteroatoms. The Morgan fingerprint density at radius 2 is 1.44 bits per heavy atom. The number of anilines is 1. The van der Waals surface area contributed by atoms with Gasteiger partial charge in [-0.1, -0.05) is 85.8 Å². The lowest BCUT2D eigenvalue weighted by Gasteiger charge is -2.40. The molecule has 1 aliphatic heterocycles. The third-order valence-corrected chi connectivity index (χ3v) is 8.01. The highest BCUT2D eigenvalue weighted by atomic mass is 79.9. The van der Waals surface area contributed by atoms with E-state index in [1.165, 1.54) is 16.7 Å². The van der Waals surface area contributed by atoms with Gasteiger partial charge in [-0.2, -0.15) is 0 Å². The molecule has 0 saturated carbocycles. The van der Waals surface area contributed by atoms with Gasteiger partial charge in [0.1, 0.15) is 5.75 Å². The van der Waals surface area contributed by atoms with Gasteiger partial charge in [-0.15, -0.1) is 0 Å². The molecule has 1 heterocycles. The van der Waals surface area contributed by atoms with Gasteiger partial charge in [-0.25, -0.2) is 0 Å². The van der Waals surface area contributed by atoms with Gasteiger partial charge in [-0.3, -0.25) is 14.5 Å². The number of hydrogen-bond donors (Lipinski definition) is 1. The van der Waals surface area contributed by atoms with Crippen LogP contribution in [0.4, 0.5) is 5.69 Å². The minimum absolute atomic E-state index is 0.0876. The van der Waals surface area contributed by atoms with Crippen molar-refractivity contribution < 1.29 is 14.3 Å². The van der Waals surface area contributed by atoms with Crippen molar-refractivity contribution in [1.82, 2.24) is 9.80 Å². The van der Waals surface area contributed by atoms with Gasteiger partial charge in [0, 0.05) is 26.2 Å². The third-order valence-electron chi connectivity index (χ3n) is 7.39. The molecule has 0 bridgehead atoms. The van der Waals surface area contributed by atoms with E-state index in [0.29, 0.717) is 30.1 Å². The fourth-order valence-corrected chi connectivity index (χ4v) is 5.77. The zero-order valence-corrected chi connectivity index (χ0v) is 24.7. The average molecular weight is 613 g/mol. The molecule has 4 aromatic carbocycles. The van der Waals surface area contributed by atoms with Gasteiger partial charge < -0.3 is 15.0 Å². The lowest BCUT2D eigenvalue weighted by molar-refractivity contribution is -0.118. The van der Waals surface area contributed by atoms with Gasteiger partial charge in [0.2, 0.25) is 0 Å². The first-order valence-electron chi connectivity index (χ1n) is 14.0. The van der Waals surface area contributed by atoms with E-state index >= 15 is 0 Å². The number of benzene rings is 4. The number of ether oxygens (including phenoxy) is 1. The number of piperazine rings is 1. The van der Waals surface area contributed by atoms with Crippen molar-refractivity contribution in [3.63, 3.8) is 0 Å². The molecule has 0 aliphatic carbocycles. The second-order valence-corrected chi connectivity index (χ2v) is 10.9. The van der Waals surface area contributed by atoms with Gasteiger partial charge in [0.05, 0.1) is 21.8 Å². The predicted octanol–water partition coefficient (Wildman–Crippen LogP) is 6.58. The third kappa shape index (κ3) is 7.04. The highest BCUT2D eigenvalue weighted by molar-refractivity contribution is 9.10. The molecule has 0 unspecified atom stereocenters. The normalized spacial score (nSPS) is 13.7. The number of carbonyl (C=O) groups is 2.